The van der Waals surface area contributed by atoms with Gasteiger partial charge in [-0.2, -0.15) is 0 Å². The van der Waals surface area contributed by atoms with Crippen LogP contribution in [0.25, 0.3) is 0 Å². The lowest BCUT2D eigenvalue weighted by molar-refractivity contribution is -0.132. The number of nitrogens with zero attached hydrogens (tertiary/aromatic N) is 1. The van der Waals surface area contributed by atoms with Crippen LogP contribution in [-0.2, 0) is 11.3 Å². The van der Waals surface area contributed by atoms with E-state index >= 15 is 0 Å². The maximum atomic E-state index is 12.1. The smallest absolute Gasteiger partial charge is 0.239 e. The molecule has 1 aromatic carbocycles. The second kappa shape index (κ2) is 5.91. The third-order valence-electron chi connectivity index (χ3n) is 3.16. The number of halogens is 2. The summed E-state index contributed by atoms with van der Waals surface area (Å²) >= 11 is 11.9. The van der Waals surface area contributed by atoms with Gasteiger partial charge >= 0.3 is 0 Å². The summed E-state index contributed by atoms with van der Waals surface area (Å²) in [5, 5.41) is 4.41. The second-order valence-corrected chi connectivity index (χ2v) is 5.42. The van der Waals surface area contributed by atoms with Crippen molar-refractivity contribution in [2.24, 2.45) is 0 Å². The number of benzene rings is 1. The number of hydrogen-bond acceptors (Lipinski definition) is 2. The largest absolute Gasteiger partial charge is 0.340 e. The van der Waals surface area contributed by atoms with Crippen LogP contribution in [0.4, 0.5) is 0 Å². The van der Waals surface area contributed by atoms with Crippen LogP contribution in [0.2, 0.25) is 10.0 Å². The van der Waals surface area contributed by atoms with Gasteiger partial charge < -0.3 is 10.2 Å². The van der Waals surface area contributed by atoms with Gasteiger partial charge in [0.25, 0.3) is 0 Å². The Bertz CT molecular complexity index is 445. The van der Waals surface area contributed by atoms with Crippen LogP contribution in [0.3, 0.4) is 0 Å². The highest BCUT2D eigenvalue weighted by Gasteiger charge is 2.25. The number of carbonyl (C=O) groups is 1. The molecule has 1 N–H and O–H groups in total. The number of carbonyl (C=O) groups excluding carboxylic acids is 1. The maximum Gasteiger partial charge on any atom is 0.239 e. The number of nitrogens with one attached hydrogen (secondary N) is 1. The van der Waals surface area contributed by atoms with E-state index < -0.39 is 0 Å². The van der Waals surface area contributed by atoms with E-state index in [9.17, 15) is 4.79 Å². The van der Waals surface area contributed by atoms with Gasteiger partial charge in [0.1, 0.15) is 0 Å². The molecule has 0 spiro atoms. The van der Waals surface area contributed by atoms with E-state index in [1.807, 2.05) is 6.07 Å². The third-order valence-corrected chi connectivity index (χ3v) is 3.74. The molecule has 98 valence electrons. The summed E-state index contributed by atoms with van der Waals surface area (Å²) in [5.74, 6) is 0.124. The van der Waals surface area contributed by atoms with Crippen LogP contribution in [0, 0.1) is 0 Å². The summed E-state index contributed by atoms with van der Waals surface area (Å²) in [5.41, 5.74) is 0.912. The van der Waals surface area contributed by atoms with Gasteiger partial charge in [-0.15, -0.1) is 0 Å². The first-order chi connectivity index (χ1) is 8.58. The zero-order valence-corrected chi connectivity index (χ0v) is 11.8. The molecule has 1 heterocycles. The average Bonchev–Trinajstić information content (AvgIpc) is 2.85. The highest BCUT2D eigenvalue weighted by molar-refractivity contribution is 6.35. The van der Waals surface area contributed by atoms with Gasteiger partial charge in [0, 0.05) is 23.6 Å². The molecule has 1 aliphatic heterocycles. The number of hydrogen-bond donors (Lipinski definition) is 1. The normalized spacial score (nSPS) is 18.9. The lowest BCUT2D eigenvalue weighted by Gasteiger charge is -2.21. The Kier molecular flexibility index (Phi) is 4.49. The van der Waals surface area contributed by atoms with Crippen LogP contribution >= 0.6 is 23.2 Å². The molecular weight excluding hydrogens is 271 g/mol. The Hall–Kier alpha value is -0.770. The summed E-state index contributed by atoms with van der Waals surface area (Å²) in [7, 11) is 1.80. The molecular formula is C13H16Cl2N2O. The number of likely N-dealkylation sites (N-methyl/N-ethyl adjacent to an activating group) is 1. The van der Waals surface area contributed by atoms with Gasteiger partial charge in [-0.3, -0.25) is 4.79 Å². The molecule has 18 heavy (non-hydrogen) atoms. The van der Waals surface area contributed by atoms with E-state index in [2.05, 4.69) is 5.32 Å². The van der Waals surface area contributed by atoms with Crippen molar-refractivity contribution in [2.45, 2.75) is 25.4 Å². The predicted octanol–water partition coefficient (Wildman–Crippen LogP) is 2.70. The van der Waals surface area contributed by atoms with Crippen molar-refractivity contribution in [1.82, 2.24) is 10.2 Å². The van der Waals surface area contributed by atoms with E-state index in [1.54, 1.807) is 24.1 Å². The summed E-state index contributed by atoms with van der Waals surface area (Å²) in [6, 6.07) is 5.30. The topological polar surface area (TPSA) is 32.3 Å². The minimum absolute atomic E-state index is 0.0407. The van der Waals surface area contributed by atoms with Crippen molar-refractivity contribution in [3.8, 4) is 0 Å². The van der Waals surface area contributed by atoms with Crippen LogP contribution in [0.1, 0.15) is 18.4 Å². The van der Waals surface area contributed by atoms with Gasteiger partial charge in [0.2, 0.25) is 5.91 Å². The van der Waals surface area contributed by atoms with E-state index in [0.29, 0.717) is 16.6 Å². The zero-order valence-electron chi connectivity index (χ0n) is 10.2. The molecule has 1 aliphatic rings. The first kappa shape index (κ1) is 13.7. The Morgan fingerprint density at radius 3 is 2.89 bits per heavy atom. The van der Waals surface area contributed by atoms with Crippen LogP contribution in [-0.4, -0.2) is 30.4 Å². The molecule has 0 aliphatic carbocycles. The van der Waals surface area contributed by atoms with Crippen molar-refractivity contribution in [3.63, 3.8) is 0 Å². The Balaban J connectivity index is 2.01. The minimum atomic E-state index is -0.0407. The van der Waals surface area contributed by atoms with E-state index in [4.69, 9.17) is 23.2 Å². The minimum Gasteiger partial charge on any atom is -0.340 e. The van der Waals surface area contributed by atoms with Crippen molar-refractivity contribution < 1.29 is 4.79 Å². The first-order valence-electron chi connectivity index (χ1n) is 6.00. The van der Waals surface area contributed by atoms with E-state index in [0.717, 1.165) is 24.9 Å². The lowest BCUT2D eigenvalue weighted by atomic mass is 10.1. The van der Waals surface area contributed by atoms with Crippen molar-refractivity contribution in [3.05, 3.63) is 33.8 Å². The molecule has 0 saturated carbocycles. The maximum absolute atomic E-state index is 12.1. The average molecular weight is 287 g/mol. The van der Waals surface area contributed by atoms with Gasteiger partial charge in [-0.25, -0.2) is 0 Å². The van der Waals surface area contributed by atoms with Crippen LogP contribution < -0.4 is 5.32 Å². The fourth-order valence-corrected chi connectivity index (χ4v) is 2.61. The summed E-state index contributed by atoms with van der Waals surface area (Å²) in [6.07, 6.45) is 1.98. The lowest BCUT2D eigenvalue weighted by Crippen LogP contribution is -2.41. The molecule has 5 heteroatoms. The van der Waals surface area contributed by atoms with Gasteiger partial charge in [-0.1, -0.05) is 29.3 Å². The predicted molar refractivity (Wildman–Crippen MR) is 74.0 cm³/mol. The van der Waals surface area contributed by atoms with Crippen LogP contribution in [0.15, 0.2) is 18.2 Å². The fraction of sp³-hybridized carbons (Fsp3) is 0.462. The monoisotopic (exact) mass is 286 g/mol. The van der Waals surface area contributed by atoms with Gasteiger partial charge in [0.05, 0.1) is 6.04 Å². The van der Waals surface area contributed by atoms with Gasteiger partial charge in [-0.05, 0) is 37.1 Å². The van der Waals surface area contributed by atoms with Crippen molar-refractivity contribution >= 4 is 29.1 Å². The molecule has 2 rings (SSSR count). The van der Waals surface area contributed by atoms with Gasteiger partial charge in [0.15, 0.2) is 0 Å². The summed E-state index contributed by atoms with van der Waals surface area (Å²) in [4.78, 5) is 13.8. The van der Waals surface area contributed by atoms with E-state index in [1.165, 1.54) is 0 Å². The molecule has 0 unspecified atom stereocenters. The quantitative estimate of drug-likeness (QED) is 0.927. The summed E-state index contributed by atoms with van der Waals surface area (Å²) in [6.45, 7) is 1.43. The molecule has 1 aromatic rings. The molecule has 0 aromatic heterocycles. The Morgan fingerprint density at radius 1 is 1.50 bits per heavy atom. The fourth-order valence-electron chi connectivity index (χ4n) is 2.14. The van der Waals surface area contributed by atoms with E-state index in [-0.39, 0.29) is 11.9 Å². The van der Waals surface area contributed by atoms with Crippen LogP contribution in [0.5, 0.6) is 0 Å². The Morgan fingerprint density at radius 2 is 2.28 bits per heavy atom. The highest BCUT2D eigenvalue weighted by atomic mass is 35.5. The number of rotatable bonds is 3. The van der Waals surface area contributed by atoms with Crippen molar-refractivity contribution in [1.29, 1.82) is 0 Å². The first-order valence-corrected chi connectivity index (χ1v) is 6.76. The second-order valence-electron chi connectivity index (χ2n) is 4.58. The zero-order chi connectivity index (χ0) is 13.1. The molecule has 3 nitrogen and oxygen atoms in total. The number of amides is 1. The summed E-state index contributed by atoms with van der Waals surface area (Å²) < 4.78 is 0. The standard InChI is InChI=1S/C13H16Cl2N2O/c1-17(13(18)12-3-2-6-16-12)8-9-4-5-10(14)7-11(9)15/h4-5,7,12,16H,2-3,6,8H2,1H3/t12-/m1/s1. The molecule has 1 fully saturated rings. The molecule has 0 radical (unpaired) electrons. The third kappa shape index (κ3) is 3.16. The van der Waals surface area contributed by atoms with Crippen molar-refractivity contribution in [2.75, 3.05) is 13.6 Å². The SMILES string of the molecule is CN(Cc1ccc(Cl)cc1Cl)C(=O)[C@H]1CCCN1. The molecule has 1 saturated heterocycles. The Labute approximate surface area is 117 Å². The molecule has 1 amide bonds. The molecule has 0 bridgehead atoms. The molecule has 1 atom stereocenters. The highest BCUT2D eigenvalue weighted by Crippen LogP contribution is 2.22.